The van der Waals surface area contributed by atoms with Gasteiger partial charge in [-0.05, 0) is 49.2 Å². The van der Waals surface area contributed by atoms with E-state index in [1.165, 1.54) is 20.2 Å². The number of anilines is 1. The average molecular weight is 462 g/mol. The Hall–Kier alpha value is -2.68. The van der Waals surface area contributed by atoms with Crippen LogP contribution in [-0.4, -0.2) is 37.7 Å². The first-order valence-corrected chi connectivity index (χ1v) is 11.4. The van der Waals surface area contributed by atoms with Crippen molar-refractivity contribution in [2.45, 2.75) is 31.6 Å². The van der Waals surface area contributed by atoms with Crippen LogP contribution < -0.4 is 5.32 Å². The van der Waals surface area contributed by atoms with Crippen LogP contribution in [0.5, 0.6) is 0 Å². The Labute approximate surface area is 187 Å². The lowest BCUT2D eigenvalue weighted by Crippen LogP contribution is -2.23. The molecule has 9 heteroatoms. The summed E-state index contributed by atoms with van der Waals surface area (Å²) in [4.78, 5) is 16.9. The van der Waals surface area contributed by atoms with Gasteiger partial charge >= 0.3 is 0 Å². The molecular weight excluding hydrogens is 438 g/mol. The molecule has 0 atom stereocenters. The predicted octanol–water partition coefficient (Wildman–Crippen LogP) is 4.43. The van der Waals surface area contributed by atoms with Gasteiger partial charge in [0.2, 0.25) is 15.9 Å². The van der Waals surface area contributed by atoms with Gasteiger partial charge in [0, 0.05) is 38.2 Å². The summed E-state index contributed by atoms with van der Waals surface area (Å²) in [5, 5.41) is 3.36. The average Bonchev–Trinajstić information content (AvgIpc) is 3.18. The van der Waals surface area contributed by atoms with E-state index in [1.807, 2.05) is 32.0 Å². The lowest BCUT2D eigenvalue weighted by Gasteiger charge is -2.16. The third kappa shape index (κ3) is 5.15. The van der Waals surface area contributed by atoms with Gasteiger partial charge in [0.1, 0.15) is 0 Å². The van der Waals surface area contributed by atoms with Gasteiger partial charge in [-0.2, -0.15) is 0 Å². The molecule has 0 saturated heterocycles. The van der Waals surface area contributed by atoms with Gasteiger partial charge in [0.25, 0.3) is 0 Å². The number of nitrogens with zero attached hydrogens (tertiary/aromatic N) is 2. The summed E-state index contributed by atoms with van der Waals surface area (Å²) >= 11 is 6.18. The van der Waals surface area contributed by atoms with Crippen LogP contribution in [-0.2, 0) is 21.2 Å². The maximum absolute atomic E-state index is 12.5. The Morgan fingerprint density at radius 3 is 2.58 bits per heavy atom. The summed E-state index contributed by atoms with van der Waals surface area (Å²) in [7, 11) is -0.674. The van der Waals surface area contributed by atoms with Crippen molar-refractivity contribution < 1.29 is 17.6 Å². The second kappa shape index (κ2) is 9.21. The minimum atomic E-state index is -3.61. The highest BCUT2D eigenvalue weighted by molar-refractivity contribution is 7.89. The van der Waals surface area contributed by atoms with Crippen LogP contribution in [0.4, 0.5) is 5.69 Å². The van der Waals surface area contributed by atoms with Crippen LogP contribution >= 0.6 is 11.6 Å². The Bertz CT molecular complexity index is 1220. The molecule has 1 aromatic heterocycles. The molecule has 2 aromatic carbocycles. The standard InChI is InChI=1S/C22H24ClN3O4S/c1-14-11-16(31(28,29)26(3)4)12-19(15(14)2)25-21(27)9-10-22-24-13-20(30-22)17-7-5-6-8-18(17)23/h5-8,11-13H,9-10H2,1-4H3,(H,25,27). The third-order valence-corrected chi connectivity index (χ3v) is 7.07. The number of carbonyl (C=O) groups is 1. The number of hydrogen-bond acceptors (Lipinski definition) is 5. The molecule has 0 saturated carbocycles. The zero-order valence-electron chi connectivity index (χ0n) is 17.8. The van der Waals surface area contributed by atoms with E-state index in [2.05, 4.69) is 10.3 Å². The van der Waals surface area contributed by atoms with Crippen molar-refractivity contribution in [1.29, 1.82) is 0 Å². The summed E-state index contributed by atoms with van der Waals surface area (Å²) in [5.41, 5.74) is 2.78. The monoisotopic (exact) mass is 461 g/mol. The van der Waals surface area contributed by atoms with Crippen molar-refractivity contribution in [2.75, 3.05) is 19.4 Å². The highest BCUT2D eigenvalue weighted by Gasteiger charge is 2.20. The highest BCUT2D eigenvalue weighted by Crippen LogP contribution is 2.28. The number of benzene rings is 2. The van der Waals surface area contributed by atoms with Crippen LogP contribution in [0.25, 0.3) is 11.3 Å². The summed E-state index contributed by atoms with van der Waals surface area (Å²) in [6.07, 6.45) is 2.01. The fraction of sp³-hybridized carbons (Fsp3) is 0.273. The van der Waals surface area contributed by atoms with Gasteiger partial charge in [-0.15, -0.1) is 0 Å². The van der Waals surface area contributed by atoms with Crippen molar-refractivity contribution in [3.05, 3.63) is 64.6 Å². The fourth-order valence-corrected chi connectivity index (χ4v) is 4.20. The molecule has 3 aromatic rings. The van der Waals surface area contributed by atoms with Crippen molar-refractivity contribution in [2.24, 2.45) is 0 Å². The van der Waals surface area contributed by atoms with Crippen molar-refractivity contribution in [1.82, 2.24) is 9.29 Å². The van der Waals surface area contributed by atoms with E-state index in [-0.39, 0.29) is 17.2 Å². The van der Waals surface area contributed by atoms with Crippen LogP contribution in [0.15, 0.2) is 51.9 Å². The van der Waals surface area contributed by atoms with Gasteiger partial charge in [0.05, 0.1) is 16.1 Å². The summed E-state index contributed by atoms with van der Waals surface area (Å²) < 4.78 is 31.8. The molecule has 1 heterocycles. The van der Waals surface area contributed by atoms with Gasteiger partial charge < -0.3 is 9.73 Å². The van der Waals surface area contributed by atoms with E-state index in [1.54, 1.807) is 18.3 Å². The van der Waals surface area contributed by atoms with E-state index in [4.69, 9.17) is 16.0 Å². The molecule has 0 aliphatic heterocycles. The van der Waals surface area contributed by atoms with Crippen molar-refractivity contribution in [3.63, 3.8) is 0 Å². The Balaban J connectivity index is 1.71. The van der Waals surface area contributed by atoms with Gasteiger partial charge in [-0.25, -0.2) is 17.7 Å². The van der Waals surface area contributed by atoms with E-state index >= 15 is 0 Å². The van der Waals surface area contributed by atoms with Gasteiger partial charge in [-0.1, -0.05) is 23.7 Å². The first-order valence-electron chi connectivity index (χ1n) is 9.63. The molecule has 0 spiro atoms. The minimum Gasteiger partial charge on any atom is -0.441 e. The maximum Gasteiger partial charge on any atom is 0.242 e. The molecule has 31 heavy (non-hydrogen) atoms. The van der Waals surface area contributed by atoms with Crippen molar-refractivity contribution in [3.8, 4) is 11.3 Å². The molecule has 3 rings (SSSR count). The van der Waals surface area contributed by atoms with Gasteiger partial charge in [0.15, 0.2) is 11.7 Å². The number of aryl methyl sites for hydroxylation is 2. The molecule has 0 bridgehead atoms. The number of sulfonamides is 1. The molecule has 0 aliphatic rings. The molecule has 0 unspecified atom stereocenters. The first kappa shape index (κ1) is 23.0. The van der Waals surface area contributed by atoms with Crippen LogP contribution in [0.3, 0.4) is 0 Å². The number of rotatable bonds is 7. The zero-order valence-corrected chi connectivity index (χ0v) is 19.3. The first-order chi connectivity index (χ1) is 14.6. The topological polar surface area (TPSA) is 92.5 Å². The summed E-state index contributed by atoms with van der Waals surface area (Å²) in [6.45, 7) is 3.64. The smallest absolute Gasteiger partial charge is 0.242 e. The molecule has 1 N–H and O–H groups in total. The minimum absolute atomic E-state index is 0.131. The normalized spacial score (nSPS) is 11.7. The number of hydrogen-bond donors (Lipinski definition) is 1. The lowest BCUT2D eigenvalue weighted by atomic mass is 10.1. The largest absolute Gasteiger partial charge is 0.441 e. The van der Waals surface area contributed by atoms with Crippen molar-refractivity contribution >= 4 is 33.2 Å². The maximum atomic E-state index is 12.5. The van der Waals surface area contributed by atoms with Gasteiger partial charge in [-0.3, -0.25) is 4.79 Å². The second-order valence-corrected chi connectivity index (χ2v) is 9.91. The number of nitrogens with one attached hydrogen (secondary N) is 1. The SMILES string of the molecule is Cc1cc(S(=O)(=O)N(C)C)cc(NC(=O)CCc2ncc(-c3ccccc3Cl)o2)c1C. The van der Waals surface area contributed by atoms with Crippen LogP contribution in [0, 0.1) is 13.8 Å². The quantitative estimate of drug-likeness (QED) is 0.561. The highest BCUT2D eigenvalue weighted by atomic mass is 35.5. The second-order valence-electron chi connectivity index (χ2n) is 7.35. The fourth-order valence-electron chi connectivity index (χ4n) is 2.96. The molecule has 164 valence electrons. The Morgan fingerprint density at radius 2 is 1.90 bits per heavy atom. The van der Waals surface area contributed by atoms with E-state index in [0.717, 1.165) is 21.0 Å². The number of halogens is 1. The predicted molar refractivity (Wildman–Crippen MR) is 121 cm³/mol. The number of aromatic nitrogens is 1. The molecular formula is C22H24ClN3O4S. The van der Waals surface area contributed by atoms with E-state index in [9.17, 15) is 13.2 Å². The Kier molecular flexibility index (Phi) is 6.83. The summed E-state index contributed by atoms with van der Waals surface area (Å²) in [5.74, 6) is 0.690. The Morgan fingerprint density at radius 1 is 1.19 bits per heavy atom. The molecule has 1 amide bonds. The molecule has 7 nitrogen and oxygen atoms in total. The third-order valence-electron chi connectivity index (χ3n) is 4.95. The van der Waals surface area contributed by atoms with E-state index < -0.39 is 10.0 Å². The molecule has 0 aliphatic carbocycles. The van der Waals surface area contributed by atoms with Crippen LogP contribution in [0.1, 0.15) is 23.4 Å². The summed E-state index contributed by atoms with van der Waals surface area (Å²) in [6, 6.07) is 10.4. The molecule has 0 radical (unpaired) electrons. The number of carbonyl (C=O) groups excluding carboxylic acids is 1. The number of oxazole rings is 1. The molecule has 0 fully saturated rings. The van der Waals surface area contributed by atoms with E-state index in [0.29, 0.717) is 28.8 Å². The lowest BCUT2D eigenvalue weighted by molar-refractivity contribution is -0.116. The zero-order chi connectivity index (χ0) is 22.8. The van der Waals surface area contributed by atoms with Crippen LogP contribution in [0.2, 0.25) is 5.02 Å². The number of amides is 1.